The van der Waals surface area contributed by atoms with Gasteiger partial charge in [-0.1, -0.05) is 12.1 Å². The van der Waals surface area contributed by atoms with E-state index in [1.807, 2.05) is 43.3 Å². The van der Waals surface area contributed by atoms with Crippen LogP contribution in [0.1, 0.15) is 16.1 Å². The quantitative estimate of drug-likeness (QED) is 0.538. The fourth-order valence-electron chi connectivity index (χ4n) is 2.75. The van der Waals surface area contributed by atoms with Crippen LogP contribution in [0.3, 0.4) is 0 Å². The van der Waals surface area contributed by atoms with Crippen molar-refractivity contribution in [2.45, 2.75) is 6.92 Å². The Balaban J connectivity index is 1.81. The molecule has 0 saturated carbocycles. The second-order valence-corrected chi connectivity index (χ2v) is 5.52. The molecule has 0 aliphatic rings. The number of nitrogens with one attached hydrogen (secondary N) is 2. The molecule has 0 fully saturated rings. The summed E-state index contributed by atoms with van der Waals surface area (Å²) in [6.45, 7) is 2.01. The first kappa shape index (κ1) is 14.1. The largest absolute Gasteiger partial charge is 0.364 e. The third kappa shape index (κ3) is 2.23. The minimum atomic E-state index is -0.568. The van der Waals surface area contributed by atoms with Gasteiger partial charge in [0.25, 0.3) is 5.91 Å². The van der Waals surface area contributed by atoms with Crippen molar-refractivity contribution in [1.82, 2.24) is 20.2 Å². The highest BCUT2D eigenvalue weighted by Crippen LogP contribution is 2.27. The molecule has 2 heterocycles. The maximum Gasteiger partial charge on any atom is 0.269 e. The van der Waals surface area contributed by atoms with Crippen molar-refractivity contribution < 1.29 is 4.79 Å². The highest BCUT2D eigenvalue weighted by molar-refractivity contribution is 6.05. The molecule has 4 rings (SSSR count). The number of amides is 1. The van der Waals surface area contributed by atoms with Gasteiger partial charge in [0.15, 0.2) is 5.69 Å². The van der Waals surface area contributed by atoms with Gasteiger partial charge in [0.1, 0.15) is 12.1 Å². The summed E-state index contributed by atoms with van der Waals surface area (Å²) in [7, 11) is 0. The van der Waals surface area contributed by atoms with Crippen molar-refractivity contribution >= 4 is 39.2 Å². The molecule has 0 bridgehead atoms. The van der Waals surface area contributed by atoms with Gasteiger partial charge in [-0.05, 0) is 36.8 Å². The van der Waals surface area contributed by atoms with Gasteiger partial charge in [-0.3, -0.25) is 9.89 Å². The Labute approximate surface area is 136 Å². The van der Waals surface area contributed by atoms with Crippen molar-refractivity contribution in [3.63, 3.8) is 0 Å². The number of H-pyrrole nitrogens is 1. The molecule has 0 saturated heterocycles. The molecular formula is C17H14N6O. The van der Waals surface area contributed by atoms with E-state index in [1.54, 1.807) is 0 Å². The zero-order chi connectivity index (χ0) is 16.7. The van der Waals surface area contributed by atoms with Crippen LogP contribution in [0.2, 0.25) is 0 Å². The number of aromatic amines is 1. The Hall–Kier alpha value is -3.48. The minimum Gasteiger partial charge on any atom is -0.364 e. The fourth-order valence-corrected chi connectivity index (χ4v) is 2.75. The molecule has 24 heavy (non-hydrogen) atoms. The van der Waals surface area contributed by atoms with Gasteiger partial charge >= 0.3 is 0 Å². The first-order valence-corrected chi connectivity index (χ1v) is 7.39. The van der Waals surface area contributed by atoms with Crippen LogP contribution in [0.4, 0.5) is 11.5 Å². The lowest BCUT2D eigenvalue weighted by molar-refractivity contribution is 0.0997. The average molecular weight is 318 g/mol. The number of carbonyl (C=O) groups is 1. The predicted octanol–water partition coefficient (Wildman–Crippen LogP) is 2.66. The van der Waals surface area contributed by atoms with Crippen LogP contribution in [0.5, 0.6) is 0 Å². The Kier molecular flexibility index (Phi) is 3.13. The monoisotopic (exact) mass is 318 g/mol. The van der Waals surface area contributed by atoms with E-state index in [-0.39, 0.29) is 5.69 Å². The third-order valence-electron chi connectivity index (χ3n) is 3.93. The second kappa shape index (κ2) is 5.31. The topological polar surface area (TPSA) is 110 Å². The van der Waals surface area contributed by atoms with Crippen LogP contribution in [-0.2, 0) is 0 Å². The van der Waals surface area contributed by atoms with E-state index in [4.69, 9.17) is 5.73 Å². The molecular weight excluding hydrogens is 304 g/mol. The maximum atomic E-state index is 11.5. The van der Waals surface area contributed by atoms with E-state index < -0.39 is 5.91 Å². The molecule has 118 valence electrons. The number of fused-ring (bicyclic) bond motifs is 2. The fraction of sp³-hybridized carbons (Fsp3) is 0.0588. The SMILES string of the molecule is Cc1cccc2c(Nc3ccc4[nH]nc(C(N)=O)c4c3)ncnc12. The maximum absolute atomic E-state index is 11.5. The standard InChI is InChI=1S/C17H14N6O/c1-9-3-2-4-11-14(9)19-8-20-17(11)21-10-5-6-13-12(7-10)15(16(18)24)23-22-13/h2-8H,1H3,(H2,18,24)(H,22,23)(H,19,20,21). The first-order chi connectivity index (χ1) is 11.6. The number of primary amides is 1. The Bertz CT molecular complexity index is 1090. The number of hydrogen-bond acceptors (Lipinski definition) is 5. The number of para-hydroxylation sites is 1. The number of aromatic nitrogens is 4. The molecule has 0 spiro atoms. The van der Waals surface area contributed by atoms with Crippen LogP contribution in [0.15, 0.2) is 42.7 Å². The van der Waals surface area contributed by atoms with Gasteiger partial charge in [-0.15, -0.1) is 0 Å². The van der Waals surface area contributed by atoms with Gasteiger partial charge in [0, 0.05) is 16.5 Å². The molecule has 4 aromatic rings. The number of hydrogen-bond donors (Lipinski definition) is 3. The molecule has 0 aliphatic heterocycles. The van der Waals surface area contributed by atoms with Crippen molar-refractivity contribution in [1.29, 1.82) is 0 Å². The number of benzene rings is 2. The van der Waals surface area contributed by atoms with E-state index >= 15 is 0 Å². The summed E-state index contributed by atoms with van der Waals surface area (Å²) in [6.07, 6.45) is 1.53. The molecule has 2 aromatic carbocycles. The summed E-state index contributed by atoms with van der Waals surface area (Å²) in [5.41, 5.74) is 9.09. The van der Waals surface area contributed by atoms with E-state index in [0.29, 0.717) is 11.2 Å². The average Bonchev–Trinajstić information content (AvgIpc) is 2.99. The van der Waals surface area contributed by atoms with Crippen LogP contribution < -0.4 is 11.1 Å². The molecule has 4 N–H and O–H groups in total. The number of carbonyl (C=O) groups excluding carboxylic acids is 1. The lowest BCUT2D eigenvalue weighted by Crippen LogP contribution is -2.11. The normalized spacial score (nSPS) is 11.0. The van der Waals surface area contributed by atoms with Gasteiger partial charge < -0.3 is 11.1 Å². The van der Waals surface area contributed by atoms with E-state index in [1.165, 1.54) is 6.33 Å². The van der Waals surface area contributed by atoms with Crippen LogP contribution in [-0.4, -0.2) is 26.1 Å². The van der Waals surface area contributed by atoms with E-state index in [2.05, 4.69) is 25.5 Å². The first-order valence-electron chi connectivity index (χ1n) is 7.39. The second-order valence-electron chi connectivity index (χ2n) is 5.52. The van der Waals surface area contributed by atoms with E-state index in [0.717, 1.165) is 27.7 Å². The number of nitrogens with two attached hydrogens (primary N) is 1. The number of rotatable bonds is 3. The summed E-state index contributed by atoms with van der Waals surface area (Å²) in [4.78, 5) is 20.1. The highest BCUT2D eigenvalue weighted by atomic mass is 16.1. The summed E-state index contributed by atoms with van der Waals surface area (Å²) in [6, 6.07) is 11.5. The lowest BCUT2D eigenvalue weighted by Gasteiger charge is -2.09. The highest BCUT2D eigenvalue weighted by Gasteiger charge is 2.12. The Morgan fingerprint density at radius 3 is 2.88 bits per heavy atom. The molecule has 7 nitrogen and oxygen atoms in total. The van der Waals surface area contributed by atoms with Gasteiger partial charge in [-0.2, -0.15) is 5.10 Å². The van der Waals surface area contributed by atoms with Crippen molar-refractivity contribution in [2.75, 3.05) is 5.32 Å². The van der Waals surface area contributed by atoms with Gasteiger partial charge in [0.05, 0.1) is 11.0 Å². The van der Waals surface area contributed by atoms with E-state index in [9.17, 15) is 4.79 Å². The van der Waals surface area contributed by atoms with Crippen molar-refractivity contribution in [3.8, 4) is 0 Å². The van der Waals surface area contributed by atoms with Crippen LogP contribution >= 0.6 is 0 Å². The molecule has 0 atom stereocenters. The number of aryl methyl sites for hydroxylation is 1. The molecule has 7 heteroatoms. The molecule has 2 aromatic heterocycles. The van der Waals surface area contributed by atoms with Gasteiger partial charge in [0.2, 0.25) is 0 Å². The zero-order valence-corrected chi connectivity index (χ0v) is 12.9. The van der Waals surface area contributed by atoms with Crippen LogP contribution in [0, 0.1) is 6.92 Å². The molecule has 1 amide bonds. The zero-order valence-electron chi connectivity index (χ0n) is 12.9. The van der Waals surface area contributed by atoms with Crippen LogP contribution in [0.25, 0.3) is 21.8 Å². The summed E-state index contributed by atoms with van der Waals surface area (Å²) >= 11 is 0. The Morgan fingerprint density at radius 1 is 1.17 bits per heavy atom. The predicted molar refractivity (Wildman–Crippen MR) is 92.2 cm³/mol. The lowest BCUT2D eigenvalue weighted by atomic mass is 10.1. The Morgan fingerprint density at radius 2 is 2.04 bits per heavy atom. The number of nitrogens with zero attached hydrogens (tertiary/aromatic N) is 3. The minimum absolute atomic E-state index is 0.219. The van der Waals surface area contributed by atoms with Gasteiger partial charge in [-0.25, -0.2) is 9.97 Å². The summed E-state index contributed by atoms with van der Waals surface area (Å²) in [5.74, 6) is 0.133. The third-order valence-corrected chi connectivity index (χ3v) is 3.93. The summed E-state index contributed by atoms with van der Waals surface area (Å²) < 4.78 is 0. The van der Waals surface area contributed by atoms with Crippen molar-refractivity contribution in [3.05, 3.63) is 54.0 Å². The smallest absolute Gasteiger partial charge is 0.269 e. The summed E-state index contributed by atoms with van der Waals surface area (Å²) in [5, 5.41) is 11.6. The van der Waals surface area contributed by atoms with Crippen molar-refractivity contribution in [2.24, 2.45) is 5.73 Å². The molecule has 0 aliphatic carbocycles. The number of anilines is 2. The molecule has 0 unspecified atom stereocenters. The molecule has 0 radical (unpaired) electrons.